The highest BCUT2D eigenvalue weighted by molar-refractivity contribution is 8.00. The number of nitrogen functional groups attached to an aromatic ring is 1. The zero-order chi connectivity index (χ0) is 13.5. The third kappa shape index (κ3) is 4.14. The Hall–Kier alpha value is -1.36. The summed E-state index contributed by atoms with van der Waals surface area (Å²) >= 11 is 1.64. The van der Waals surface area contributed by atoms with Crippen molar-refractivity contribution < 1.29 is 9.53 Å². The van der Waals surface area contributed by atoms with Gasteiger partial charge in [-0.05, 0) is 31.2 Å². The summed E-state index contributed by atoms with van der Waals surface area (Å²) in [5.74, 6) is 1.54. The average Bonchev–Trinajstić information content (AvgIpc) is 2.37. The molecule has 1 atom stereocenters. The second kappa shape index (κ2) is 7.16. The molecule has 18 heavy (non-hydrogen) atoms. The molecule has 1 unspecified atom stereocenters. The van der Waals surface area contributed by atoms with Crippen molar-refractivity contribution >= 4 is 29.0 Å². The van der Waals surface area contributed by atoms with Gasteiger partial charge in [0.05, 0.1) is 18.0 Å². The number of hydrogen-bond donors (Lipinski definition) is 2. The van der Waals surface area contributed by atoms with Crippen LogP contribution in [0.4, 0.5) is 11.4 Å². The zero-order valence-corrected chi connectivity index (χ0v) is 11.8. The van der Waals surface area contributed by atoms with Crippen LogP contribution in [0, 0.1) is 0 Å². The summed E-state index contributed by atoms with van der Waals surface area (Å²) in [6.07, 6.45) is 1.06. The number of rotatable bonds is 6. The molecule has 0 fully saturated rings. The standard InChI is InChI=1S/C13H20N2O2S/c1-4-7-18-9(2)13(16)15-11-6-5-10(14)8-12(11)17-3/h5-6,8-9H,4,7,14H2,1-3H3,(H,15,16). The number of methoxy groups -OCH3 is 1. The summed E-state index contributed by atoms with van der Waals surface area (Å²) in [7, 11) is 1.56. The van der Waals surface area contributed by atoms with Gasteiger partial charge in [0.2, 0.25) is 5.91 Å². The van der Waals surface area contributed by atoms with Gasteiger partial charge >= 0.3 is 0 Å². The van der Waals surface area contributed by atoms with E-state index in [2.05, 4.69) is 12.2 Å². The van der Waals surface area contributed by atoms with Crippen LogP contribution < -0.4 is 15.8 Å². The monoisotopic (exact) mass is 268 g/mol. The van der Waals surface area contributed by atoms with E-state index in [-0.39, 0.29) is 11.2 Å². The van der Waals surface area contributed by atoms with Crippen molar-refractivity contribution in [1.29, 1.82) is 0 Å². The molecule has 0 saturated heterocycles. The van der Waals surface area contributed by atoms with Crippen molar-refractivity contribution in [1.82, 2.24) is 0 Å². The minimum atomic E-state index is -0.0767. The molecule has 100 valence electrons. The second-order valence-corrected chi connectivity index (χ2v) is 5.41. The molecule has 0 radical (unpaired) electrons. The predicted octanol–water partition coefficient (Wildman–Crippen LogP) is 2.75. The molecule has 0 aromatic heterocycles. The predicted molar refractivity (Wildman–Crippen MR) is 78.2 cm³/mol. The highest BCUT2D eigenvalue weighted by Crippen LogP contribution is 2.27. The number of hydrogen-bond acceptors (Lipinski definition) is 4. The van der Waals surface area contributed by atoms with Gasteiger partial charge in [0, 0.05) is 11.8 Å². The van der Waals surface area contributed by atoms with Gasteiger partial charge in [-0.15, -0.1) is 11.8 Å². The third-order valence-electron chi connectivity index (χ3n) is 2.42. The number of nitrogens with one attached hydrogen (secondary N) is 1. The maximum atomic E-state index is 12.0. The molecule has 0 saturated carbocycles. The van der Waals surface area contributed by atoms with Crippen molar-refractivity contribution in [3.05, 3.63) is 18.2 Å². The molecule has 3 N–H and O–H groups in total. The molecule has 0 heterocycles. The number of thioether (sulfide) groups is 1. The summed E-state index contributed by atoms with van der Waals surface area (Å²) in [5, 5.41) is 2.78. The van der Waals surface area contributed by atoms with Crippen molar-refractivity contribution in [2.45, 2.75) is 25.5 Å². The fraction of sp³-hybridized carbons (Fsp3) is 0.462. The average molecular weight is 268 g/mol. The van der Waals surface area contributed by atoms with Gasteiger partial charge in [0.1, 0.15) is 5.75 Å². The lowest BCUT2D eigenvalue weighted by Gasteiger charge is -2.14. The number of amides is 1. The fourth-order valence-electron chi connectivity index (χ4n) is 1.42. The smallest absolute Gasteiger partial charge is 0.237 e. The highest BCUT2D eigenvalue weighted by Gasteiger charge is 2.14. The molecule has 0 spiro atoms. The van der Waals surface area contributed by atoms with Crippen LogP contribution in [-0.2, 0) is 4.79 Å². The van der Waals surface area contributed by atoms with Gasteiger partial charge < -0.3 is 15.8 Å². The van der Waals surface area contributed by atoms with Crippen LogP contribution in [0.3, 0.4) is 0 Å². The Labute approximate surface area is 112 Å². The van der Waals surface area contributed by atoms with Gasteiger partial charge in [0.15, 0.2) is 0 Å². The molecule has 4 nitrogen and oxygen atoms in total. The lowest BCUT2D eigenvalue weighted by Crippen LogP contribution is -2.23. The molecule has 1 amide bonds. The molecule has 0 aliphatic rings. The van der Waals surface area contributed by atoms with Crippen molar-refractivity contribution in [3.8, 4) is 5.75 Å². The Bertz CT molecular complexity index is 410. The first-order valence-corrected chi connectivity index (χ1v) is 6.99. The first-order valence-electron chi connectivity index (χ1n) is 5.94. The second-order valence-electron chi connectivity index (χ2n) is 3.96. The summed E-state index contributed by atoms with van der Waals surface area (Å²) in [6, 6.07) is 5.19. The topological polar surface area (TPSA) is 64.4 Å². The molecular weight excluding hydrogens is 248 g/mol. The number of carbonyl (C=O) groups is 1. The van der Waals surface area contributed by atoms with E-state index in [9.17, 15) is 4.79 Å². The van der Waals surface area contributed by atoms with Crippen LogP contribution in [0.2, 0.25) is 0 Å². The van der Waals surface area contributed by atoms with Crippen LogP contribution in [0.15, 0.2) is 18.2 Å². The van der Waals surface area contributed by atoms with E-state index in [1.807, 2.05) is 6.92 Å². The minimum absolute atomic E-state index is 0.0171. The van der Waals surface area contributed by atoms with Gasteiger partial charge in [-0.3, -0.25) is 4.79 Å². The highest BCUT2D eigenvalue weighted by atomic mass is 32.2. The van der Waals surface area contributed by atoms with Gasteiger partial charge in [0.25, 0.3) is 0 Å². The quantitative estimate of drug-likeness (QED) is 0.779. The van der Waals surface area contributed by atoms with Crippen LogP contribution in [0.1, 0.15) is 20.3 Å². The largest absolute Gasteiger partial charge is 0.494 e. The van der Waals surface area contributed by atoms with E-state index < -0.39 is 0 Å². The Morgan fingerprint density at radius 2 is 2.28 bits per heavy atom. The first kappa shape index (κ1) is 14.7. The molecule has 0 aliphatic carbocycles. The van der Waals surface area contributed by atoms with Gasteiger partial charge in [-0.25, -0.2) is 0 Å². The van der Waals surface area contributed by atoms with E-state index in [1.54, 1.807) is 37.1 Å². The summed E-state index contributed by atoms with van der Waals surface area (Å²) in [4.78, 5) is 12.0. The Morgan fingerprint density at radius 1 is 1.56 bits per heavy atom. The SMILES string of the molecule is CCCSC(C)C(=O)Nc1ccc(N)cc1OC. The lowest BCUT2D eigenvalue weighted by molar-refractivity contribution is -0.115. The minimum Gasteiger partial charge on any atom is -0.494 e. The van der Waals surface area contributed by atoms with E-state index >= 15 is 0 Å². The number of nitrogens with two attached hydrogens (primary N) is 1. The maximum Gasteiger partial charge on any atom is 0.237 e. The van der Waals surface area contributed by atoms with E-state index in [0.29, 0.717) is 17.1 Å². The Balaban J connectivity index is 2.69. The third-order valence-corrected chi connectivity index (χ3v) is 3.78. The number of anilines is 2. The zero-order valence-electron chi connectivity index (χ0n) is 11.0. The number of ether oxygens (including phenoxy) is 1. The molecule has 1 aromatic carbocycles. The van der Waals surface area contributed by atoms with E-state index in [4.69, 9.17) is 10.5 Å². The number of benzene rings is 1. The summed E-state index contributed by atoms with van der Waals surface area (Å²) < 4.78 is 5.19. The van der Waals surface area contributed by atoms with Gasteiger partial charge in [-0.2, -0.15) is 0 Å². The number of carbonyl (C=O) groups excluding carboxylic acids is 1. The molecule has 0 bridgehead atoms. The van der Waals surface area contributed by atoms with Crippen LogP contribution in [0.5, 0.6) is 5.75 Å². The van der Waals surface area contributed by atoms with Crippen molar-refractivity contribution in [2.24, 2.45) is 0 Å². The van der Waals surface area contributed by atoms with Gasteiger partial charge in [-0.1, -0.05) is 6.92 Å². The van der Waals surface area contributed by atoms with E-state index in [1.165, 1.54) is 0 Å². The van der Waals surface area contributed by atoms with Crippen molar-refractivity contribution in [3.63, 3.8) is 0 Å². The molecule has 1 aromatic rings. The normalized spacial score (nSPS) is 11.9. The van der Waals surface area contributed by atoms with Crippen LogP contribution in [0.25, 0.3) is 0 Å². The molecule has 5 heteroatoms. The lowest BCUT2D eigenvalue weighted by atomic mass is 10.2. The maximum absolute atomic E-state index is 12.0. The molecule has 0 aliphatic heterocycles. The summed E-state index contributed by atoms with van der Waals surface area (Å²) in [5.41, 5.74) is 6.93. The molecule has 1 rings (SSSR count). The molecular formula is C13H20N2O2S. The van der Waals surface area contributed by atoms with Crippen LogP contribution in [-0.4, -0.2) is 24.0 Å². The fourth-order valence-corrected chi connectivity index (χ4v) is 2.22. The summed E-state index contributed by atoms with van der Waals surface area (Å²) in [6.45, 7) is 4.00. The first-order chi connectivity index (χ1) is 8.58. The van der Waals surface area contributed by atoms with Crippen molar-refractivity contribution in [2.75, 3.05) is 23.9 Å². The Kier molecular flexibility index (Phi) is 5.85. The Morgan fingerprint density at radius 3 is 2.89 bits per heavy atom. The van der Waals surface area contributed by atoms with Crippen LogP contribution >= 0.6 is 11.8 Å². The van der Waals surface area contributed by atoms with E-state index in [0.717, 1.165) is 12.2 Å².